The Morgan fingerprint density at radius 3 is 2.72 bits per heavy atom. The summed E-state index contributed by atoms with van der Waals surface area (Å²) in [6, 6.07) is 13.6. The zero-order valence-electron chi connectivity index (χ0n) is 13.8. The number of rotatable bonds is 5. The number of nitrogens with one attached hydrogen (secondary N) is 1. The Bertz CT molecular complexity index is 834. The fourth-order valence-electron chi connectivity index (χ4n) is 3.09. The van der Waals surface area contributed by atoms with Gasteiger partial charge >= 0.3 is 0 Å². The molecule has 6 nitrogen and oxygen atoms in total. The highest BCUT2D eigenvalue weighted by atomic mass is 16.5. The maximum absolute atomic E-state index is 12.7. The summed E-state index contributed by atoms with van der Waals surface area (Å²) in [5.74, 6) is 0.586. The summed E-state index contributed by atoms with van der Waals surface area (Å²) in [5, 5.41) is 7.42. The number of para-hydroxylation sites is 1. The Kier molecular flexibility index (Phi) is 4.35. The average molecular weight is 336 g/mol. The van der Waals surface area contributed by atoms with E-state index in [2.05, 4.69) is 10.4 Å². The molecule has 6 heteroatoms. The van der Waals surface area contributed by atoms with Crippen molar-refractivity contribution in [2.75, 3.05) is 13.2 Å². The van der Waals surface area contributed by atoms with Crippen LogP contribution in [-0.4, -0.2) is 39.5 Å². The molecule has 1 aliphatic rings. The van der Waals surface area contributed by atoms with Gasteiger partial charge in [-0.2, -0.15) is 5.10 Å². The standard InChI is InChI=1S/C19H20N4O2/c24-18(20-13-16-9-6-12-25-16)17-14-21-23(15-7-2-1-3-8-15)19(17)22-10-4-5-11-22/h1-5,7-8,10-11,14,16H,6,9,12-13H2,(H,20,24). The summed E-state index contributed by atoms with van der Waals surface area (Å²) in [6.07, 6.45) is 7.60. The van der Waals surface area contributed by atoms with Crippen molar-refractivity contribution in [2.45, 2.75) is 18.9 Å². The van der Waals surface area contributed by atoms with Gasteiger partial charge in [0, 0.05) is 25.5 Å². The second kappa shape index (κ2) is 6.94. The van der Waals surface area contributed by atoms with Crippen molar-refractivity contribution in [2.24, 2.45) is 0 Å². The zero-order chi connectivity index (χ0) is 17.1. The lowest BCUT2D eigenvalue weighted by atomic mass is 10.2. The van der Waals surface area contributed by atoms with E-state index in [0.29, 0.717) is 12.1 Å². The van der Waals surface area contributed by atoms with Gasteiger partial charge in [-0.3, -0.25) is 4.79 Å². The molecular formula is C19H20N4O2. The molecule has 1 amide bonds. The molecule has 3 heterocycles. The van der Waals surface area contributed by atoms with E-state index in [1.165, 1.54) is 0 Å². The third-order valence-corrected chi connectivity index (χ3v) is 4.35. The van der Waals surface area contributed by atoms with Crippen LogP contribution >= 0.6 is 0 Å². The molecule has 2 aromatic heterocycles. The zero-order valence-corrected chi connectivity index (χ0v) is 13.8. The van der Waals surface area contributed by atoms with Gasteiger partial charge in [0.15, 0.2) is 5.82 Å². The van der Waals surface area contributed by atoms with Gasteiger partial charge in [-0.25, -0.2) is 4.68 Å². The maximum atomic E-state index is 12.7. The van der Waals surface area contributed by atoms with Crippen molar-refractivity contribution >= 4 is 5.91 Å². The van der Waals surface area contributed by atoms with Crippen molar-refractivity contribution in [3.63, 3.8) is 0 Å². The topological polar surface area (TPSA) is 61.1 Å². The van der Waals surface area contributed by atoms with E-state index >= 15 is 0 Å². The number of benzene rings is 1. The summed E-state index contributed by atoms with van der Waals surface area (Å²) in [5.41, 5.74) is 1.45. The summed E-state index contributed by atoms with van der Waals surface area (Å²) in [6.45, 7) is 1.31. The van der Waals surface area contributed by atoms with E-state index in [4.69, 9.17) is 4.74 Å². The summed E-state index contributed by atoms with van der Waals surface area (Å²) < 4.78 is 9.26. The van der Waals surface area contributed by atoms with Crippen molar-refractivity contribution in [3.05, 3.63) is 66.6 Å². The Labute approximate surface area is 146 Å². The average Bonchev–Trinajstić information content (AvgIpc) is 3.41. The first kappa shape index (κ1) is 15.7. The molecule has 3 aromatic rings. The molecule has 0 saturated carbocycles. The van der Waals surface area contributed by atoms with E-state index in [9.17, 15) is 4.79 Å². The van der Waals surface area contributed by atoms with Crippen LogP contribution in [0.15, 0.2) is 61.1 Å². The van der Waals surface area contributed by atoms with Gasteiger partial charge in [0.1, 0.15) is 5.56 Å². The second-order valence-corrected chi connectivity index (χ2v) is 6.06. The van der Waals surface area contributed by atoms with Gasteiger partial charge in [0.2, 0.25) is 0 Å². The van der Waals surface area contributed by atoms with Crippen LogP contribution in [0.3, 0.4) is 0 Å². The highest BCUT2D eigenvalue weighted by molar-refractivity contribution is 5.97. The van der Waals surface area contributed by atoms with Crippen LogP contribution in [0.1, 0.15) is 23.2 Å². The smallest absolute Gasteiger partial charge is 0.256 e. The molecule has 1 N–H and O–H groups in total. The molecule has 0 spiro atoms. The first-order chi connectivity index (χ1) is 12.3. The Morgan fingerprint density at radius 2 is 2.00 bits per heavy atom. The molecule has 0 bridgehead atoms. The Hall–Kier alpha value is -2.86. The maximum Gasteiger partial charge on any atom is 0.256 e. The Balaban J connectivity index is 1.65. The number of aromatic nitrogens is 3. The number of carbonyl (C=O) groups is 1. The fraction of sp³-hybridized carbons (Fsp3) is 0.263. The van der Waals surface area contributed by atoms with E-state index in [1.807, 2.05) is 59.4 Å². The molecular weight excluding hydrogens is 316 g/mol. The molecule has 4 rings (SSSR count). The predicted octanol–water partition coefficient (Wildman–Crippen LogP) is 2.57. The van der Waals surface area contributed by atoms with E-state index < -0.39 is 0 Å². The van der Waals surface area contributed by atoms with Gasteiger partial charge in [0.25, 0.3) is 5.91 Å². The van der Waals surface area contributed by atoms with Crippen LogP contribution < -0.4 is 5.32 Å². The van der Waals surface area contributed by atoms with Crippen molar-refractivity contribution < 1.29 is 9.53 Å². The second-order valence-electron chi connectivity index (χ2n) is 6.06. The van der Waals surface area contributed by atoms with Crippen molar-refractivity contribution in [1.82, 2.24) is 19.7 Å². The molecule has 25 heavy (non-hydrogen) atoms. The van der Waals surface area contributed by atoms with Gasteiger partial charge in [0.05, 0.1) is 18.0 Å². The van der Waals surface area contributed by atoms with Crippen LogP contribution in [-0.2, 0) is 4.74 Å². The van der Waals surface area contributed by atoms with Crippen LogP contribution in [0.2, 0.25) is 0 Å². The highest BCUT2D eigenvalue weighted by Gasteiger charge is 2.22. The SMILES string of the molecule is O=C(NCC1CCCO1)c1cnn(-c2ccccc2)c1-n1cccc1. The number of carbonyl (C=O) groups excluding carboxylic acids is 1. The Morgan fingerprint density at radius 1 is 1.20 bits per heavy atom. The predicted molar refractivity (Wildman–Crippen MR) is 94.2 cm³/mol. The number of hydrogen-bond acceptors (Lipinski definition) is 3. The minimum absolute atomic E-state index is 0.114. The van der Waals surface area contributed by atoms with Crippen LogP contribution in [0.4, 0.5) is 0 Å². The fourth-order valence-corrected chi connectivity index (χ4v) is 3.09. The lowest BCUT2D eigenvalue weighted by Gasteiger charge is -2.13. The van der Waals surface area contributed by atoms with E-state index in [1.54, 1.807) is 10.9 Å². The first-order valence-electron chi connectivity index (χ1n) is 8.49. The number of ether oxygens (including phenoxy) is 1. The van der Waals surface area contributed by atoms with Gasteiger partial charge < -0.3 is 14.6 Å². The molecule has 1 saturated heterocycles. The van der Waals surface area contributed by atoms with Crippen molar-refractivity contribution in [3.8, 4) is 11.5 Å². The van der Waals surface area contributed by atoms with E-state index in [0.717, 1.165) is 31.0 Å². The molecule has 0 radical (unpaired) electrons. The first-order valence-corrected chi connectivity index (χ1v) is 8.49. The van der Waals surface area contributed by atoms with Gasteiger partial charge in [-0.15, -0.1) is 0 Å². The largest absolute Gasteiger partial charge is 0.376 e. The van der Waals surface area contributed by atoms with Crippen LogP contribution in [0.5, 0.6) is 0 Å². The van der Waals surface area contributed by atoms with Gasteiger partial charge in [-0.1, -0.05) is 18.2 Å². The lowest BCUT2D eigenvalue weighted by Crippen LogP contribution is -2.32. The molecule has 0 aliphatic carbocycles. The third-order valence-electron chi connectivity index (χ3n) is 4.35. The highest BCUT2D eigenvalue weighted by Crippen LogP contribution is 2.20. The third kappa shape index (κ3) is 3.21. The molecule has 1 atom stereocenters. The molecule has 128 valence electrons. The quantitative estimate of drug-likeness (QED) is 0.779. The summed E-state index contributed by atoms with van der Waals surface area (Å²) in [4.78, 5) is 12.7. The minimum Gasteiger partial charge on any atom is -0.376 e. The lowest BCUT2D eigenvalue weighted by molar-refractivity contribution is 0.0857. The van der Waals surface area contributed by atoms with Gasteiger partial charge in [-0.05, 0) is 37.1 Å². The monoisotopic (exact) mass is 336 g/mol. The molecule has 1 aromatic carbocycles. The minimum atomic E-state index is -0.138. The molecule has 1 fully saturated rings. The van der Waals surface area contributed by atoms with Crippen LogP contribution in [0, 0.1) is 0 Å². The number of hydrogen-bond donors (Lipinski definition) is 1. The summed E-state index contributed by atoms with van der Waals surface area (Å²) in [7, 11) is 0. The number of nitrogens with zero attached hydrogens (tertiary/aromatic N) is 3. The van der Waals surface area contributed by atoms with Crippen molar-refractivity contribution in [1.29, 1.82) is 0 Å². The molecule has 1 unspecified atom stereocenters. The normalized spacial score (nSPS) is 16.9. The summed E-state index contributed by atoms with van der Waals surface area (Å²) >= 11 is 0. The van der Waals surface area contributed by atoms with Crippen LogP contribution in [0.25, 0.3) is 11.5 Å². The van der Waals surface area contributed by atoms with E-state index in [-0.39, 0.29) is 12.0 Å². The number of amides is 1. The molecule has 1 aliphatic heterocycles.